The Kier molecular flexibility index (Phi) is 7.06. The van der Waals surface area contributed by atoms with Gasteiger partial charge in [-0.15, -0.1) is 0 Å². The first-order valence-electron chi connectivity index (χ1n) is 10.6. The lowest BCUT2D eigenvalue weighted by Gasteiger charge is -2.27. The van der Waals surface area contributed by atoms with Crippen LogP contribution in [-0.2, 0) is 22.4 Å². The van der Waals surface area contributed by atoms with Crippen molar-refractivity contribution in [3.8, 4) is 17.2 Å². The van der Waals surface area contributed by atoms with Crippen LogP contribution in [0.3, 0.4) is 0 Å². The first kappa shape index (κ1) is 22.5. The summed E-state index contributed by atoms with van der Waals surface area (Å²) in [6.45, 7) is 7.26. The van der Waals surface area contributed by atoms with Crippen LogP contribution in [0.15, 0.2) is 59.0 Å². The highest BCUT2D eigenvalue weighted by atomic mass is 16.5. The van der Waals surface area contributed by atoms with E-state index >= 15 is 0 Å². The molecule has 1 aromatic heterocycles. The minimum Gasteiger partial charge on any atom is -0.493 e. The summed E-state index contributed by atoms with van der Waals surface area (Å²) < 4.78 is 11.7. The molecule has 0 amide bonds. The van der Waals surface area contributed by atoms with E-state index in [4.69, 9.17) is 9.15 Å². The molecule has 3 rings (SSSR count). The van der Waals surface area contributed by atoms with Crippen molar-refractivity contribution in [3.05, 3.63) is 71.6 Å². The second-order valence-corrected chi connectivity index (χ2v) is 7.86. The summed E-state index contributed by atoms with van der Waals surface area (Å²) in [5.41, 5.74) is 1.83. The number of rotatable bonds is 10. The van der Waals surface area contributed by atoms with E-state index in [-0.39, 0.29) is 11.6 Å². The summed E-state index contributed by atoms with van der Waals surface area (Å²) in [5, 5.41) is 0. The van der Waals surface area contributed by atoms with Crippen LogP contribution in [0.25, 0.3) is 11.5 Å². The van der Waals surface area contributed by atoms with Gasteiger partial charge in [-0.1, -0.05) is 37.3 Å². The Bertz CT molecular complexity index is 1020. The minimum atomic E-state index is -0.941. The number of aryl methyl sites for hydroxylation is 1. The van der Waals surface area contributed by atoms with Gasteiger partial charge in [-0.3, -0.25) is 9.59 Å². The topological polar surface area (TPSA) is 69.4 Å². The summed E-state index contributed by atoms with van der Waals surface area (Å²) in [6, 6.07) is 17.4. The van der Waals surface area contributed by atoms with Gasteiger partial charge in [0.25, 0.3) is 0 Å². The van der Waals surface area contributed by atoms with Gasteiger partial charge in [-0.05, 0) is 63.4 Å². The molecule has 0 bridgehead atoms. The second-order valence-electron chi connectivity index (χ2n) is 7.86. The van der Waals surface area contributed by atoms with Gasteiger partial charge in [0.1, 0.15) is 23.1 Å². The van der Waals surface area contributed by atoms with Crippen molar-refractivity contribution in [3.63, 3.8) is 0 Å². The summed E-state index contributed by atoms with van der Waals surface area (Å²) in [4.78, 5) is 28.9. The van der Waals surface area contributed by atoms with Crippen LogP contribution >= 0.6 is 0 Å². The van der Waals surface area contributed by atoms with Crippen LogP contribution < -0.4 is 4.74 Å². The van der Waals surface area contributed by atoms with E-state index in [9.17, 15) is 9.59 Å². The maximum Gasteiger partial charge on any atom is 0.226 e. The summed E-state index contributed by atoms with van der Waals surface area (Å²) in [7, 11) is 0. The number of benzene rings is 2. The van der Waals surface area contributed by atoms with Crippen molar-refractivity contribution in [1.29, 1.82) is 0 Å². The normalized spacial score (nSPS) is 11.4. The number of carbonyl (C=O) groups is 2. The van der Waals surface area contributed by atoms with Crippen LogP contribution in [0, 0.1) is 12.3 Å². The van der Waals surface area contributed by atoms with Crippen molar-refractivity contribution in [2.45, 2.75) is 47.0 Å². The van der Waals surface area contributed by atoms with Gasteiger partial charge in [-0.2, -0.15) is 0 Å². The van der Waals surface area contributed by atoms with Gasteiger partial charge in [0.15, 0.2) is 0 Å². The number of Topliss-reactive ketones (excluding diaryl/α,β-unsaturated/α-hetero) is 2. The summed E-state index contributed by atoms with van der Waals surface area (Å²) in [5.74, 6) is 1.98. The fourth-order valence-electron chi connectivity index (χ4n) is 3.80. The van der Waals surface area contributed by atoms with E-state index in [0.717, 1.165) is 28.3 Å². The monoisotopic (exact) mass is 419 g/mol. The standard InChI is InChI=1S/C26H29NO4/c1-5-26(19(3)28,20(4)29)17-21-11-13-23(14-12-21)30-16-15-24-18(2)31-25(27-24)22-9-7-6-8-10-22/h6-14H,5,15-17H2,1-4H3. The van der Waals surface area contributed by atoms with Crippen molar-refractivity contribution in [1.82, 2.24) is 4.98 Å². The van der Waals surface area contributed by atoms with E-state index in [1.54, 1.807) is 0 Å². The highest BCUT2D eigenvalue weighted by molar-refractivity contribution is 6.05. The molecule has 0 saturated heterocycles. The minimum absolute atomic E-state index is 0.0827. The molecule has 2 aromatic carbocycles. The number of nitrogens with zero attached hydrogens (tertiary/aromatic N) is 1. The Morgan fingerprint density at radius 3 is 2.23 bits per heavy atom. The largest absolute Gasteiger partial charge is 0.493 e. The Morgan fingerprint density at radius 1 is 1.00 bits per heavy atom. The van der Waals surface area contributed by atoms with E-state index < -0.39 is 5.41 Å². The van der Waals surface area contributed by atoms with E-state index in [2.05, 4.69) is 4.98 Å². The molecule has 0 aliphatic rings. The highest BCUT2D eigenvalue weighted by Crippen LogP contribution is 2.30. The molecular formula is C26H29NO4. The number of hydrogen-bond acceptors (Lipinski definition) is 5. The molecule has 0 atom stereocenters. The Hall–Kier alpha value is -3.21. The highest BCUT2D eigenvalue weighted by Gasteiger charge is 2.38. The second kappa shape index (κ2) is 9.73. The van der Waals surface area contributed by atoms with Crippen LogP contribution in [0.4, 0.5) is 0 Å². The molecule has 1 heterocycles. The van der Waals surface area contributed by atoms with E-state index in [0.29, 0.717) is 31.8 Å². The number of ether oxygens (including phenoxy) is 1. The molecule has 5 heteroatoms. The van der Waals surface area contributed by atoms with Crippen molar-refractivity contribution >= 4 is 11.6 Å². The van der Waals surface area contributed by atoms with Gasteiger partial charge in [0, 0.05) is 12.0 Å². The first-order valence-corrected chi connectivity index (χ1v) is 10.6. The molecule has 0 N–H and O–H groups in total. The lowest BCUT2D eigenvalue weighted by atomic mass is 9.73. The molecule has 0 fully saturated rings. The third kappa shape index (κ3) is 5.10. The average Bonchev–Trinajstić information content (AvgIpc) is 3.14. The maximum absolute atomic E-state index is 12.1. The molecule has 31 heavy (non-hydrogen) atoms. The number of hydrogen-bond donors (Lipinski definition) is 0. The smallest absolute Gasteiger partial charge is 0.226 e. The van der Waals surface area contributed by atoms with Crippen molar-refractivity contribution in [2.75, 3.05) is 6.61 Å². The van der Waals surface area contributed by atoms with Gasteiger partial charge < -0.3 is 9.15 Å². The number of aromatic nitrogens is 1. The maximum atomic E-state index is 12.1. The zero-order valence-corrected chi connectivity index (χ0v) is 18.6. The molecule has 162 valence electrons. The number of ketones is 2. The fourth-order valence-corrected chi connectivity index (χ4v) is 3.80. The van der Waals surface area contributed by atoms with Crippen LogP contribution in [0.2, 0.25) is 0 Å². The van der Waals surface area contributed by atoms with Gasteiger partial charge in [0.05, 0.1) is 17.7 Å². The molecule has 3 aromatic rings. The number of oxazole rings is 1. The lowest BCUT2D eigenvalue weighted by Crippen LogP contribution is -2.38. The number of carbonyl (C=O) groups excluding carboxylic acids is 2. The summed E-state index contributed by atoms with van der Waals surface area (Å²) in [6.07, 6.45) is 1.55. The first-order chi connectivity index (χ1) is 14.9. The van der Waals surface area contributed by atoms with E-state index in [1.807, 2.05) is 68.4 Å². The average molecular weight is 420 g/mol. The predicted molar refractivity (Wildman–Crippen MR) is 120 cm³/mol. The van der Waals surface area contributed by atoms with E-state index in [1.165, 1.54) is 13.8 Å². The summed E-state index contributed by atoms with van der Waals surface area (Å²) >= 11 is 0. The molecular weight excluding hydrogens is 390 g/mol. The predicted octanol–water partition coefficient (Wildman–Crippen LogP) is 5.39. The van der Waals surface area contributed by atoms with Crippen LogP contribution in [-0.4, -0.2) is 23.2 Å². The van der Waals surface area contributed by atoms with Gasteiger partial charge in [-0.25, -0.2) is 4.98 Å². The van der Waals surface area contributed by atoms with Crippen molar-refractivity contribution < 1.29 is 18.7 Å². The molecule has 0 unspecified atom stereocenters. The van der Waals surface area contributed by atoms with Gasteiger partial charge >= 0.3 is 0 Å². The Morgan fingerprint density at radius 2 is 1.65 bits per heavy atom. The van der Waals surface area contributed by atoms with Gasteiger partial charge in [0.2, 0.25) is 5.89 Å². The molecule has 5 nitrogen and oxygen atoms in total. The zero-order chi connectivity index (χ0) is 22.4. The molecule has 0 aliphatic heterocycles. The SMILES string of the molecule is CCC(Cc1ccc(OCCc2nc(-c3ccccc3)oc2C)cc1)(C(C)=O)C(C)=O. The fraction of sp³-hybridized carbons (Fsp3) is 0.346. The Labute approximate surface area is 183 Å². The third-order valence-corrected chi connectivity index (χ3v) is 5.90. The third-order valence-electron chi connectivity index (χ3n) is 5.90. The molecule has 0 spiro atoms. The van der Waals surface area contributed by atoms with Crippen LogP contribution in [0.1, 0.15) is 44.2 Å². The molecule has 0 saturated carbocycles. The Balaban J connectivity index is 1.60. The molecule has 0 aliphatic carbocycles. The quantitative estimate of drug-likeness (QED) is 0.412. The zero-order valence-electron chi connectivity index (χ0n) is 18.6. The van der Waals surface area contributed by atoms with Crippen molar-refractivity contribution in [2.24, 2.45) is 5.41 Å². The lowest BCUT2D eigenvalue weighted by molar-refractivity contribution is -0.138. The molecule has 0 radical (unpaired) electrons. The van der Waals surface area contributed by atoms with Crippen LogP contribution in [0.5, 0.6) is 5.75 Å².